The predicted molar refractivity (Wildman–Crippen MR) is 73.8 cm³/mol. The van der Waals surface area contributed by atoms with Crippen LogP contribution in [0.5, 0.6) is 0 Å². The van der Waals surface area contributed by atoms with Crippen LogP contribution in [0.1, 0.15) is 45.4 Å². The third-order valence-electron chi connectivity index (χ3n) is 3.62. The average molecular weight is 270 g/mol. The van der Waals surface area contributed by atoms with Gasteiger partial charge in [-0.2, -0.15) is 0 Å². The Morgan fingerprint density at radius 1 is 1.16 bits per heavy atom. The molecular formula is C14H26N2O3. The summed E-state index contributed by atoms with van der Waals surface area (Å²) < 4.78 is 4.62. The summed E-state index contributed by atoms with van der Waals surface area (Å²) in [6.45, 7) is 3.03. The first-order valence-electron chi connectivity index (χ1n) is 7.24. The van der Waals surface area contributed by atoms with Crippen LogP contribution in [-0.4, -0.2) is 49.6 Å². The molecule has 0 atom stereocenters. The van der Waals surface area contributed by atoms with Crippen molar-refractivity contribution in [1.82, 2.24) is 10.2 Å². The summed E-state index contributed by atoms with van der Waals surface area (Å²) in [5, 5.41) is 3.08. The van der Waals surface area contributed by atoms with Crippen molar-refractivity contribution in [3.63, 3.8) is 0 Å². The van der Waals surface area contributed by atoms with E-state index < -0.39 is 0 Å². The van der Waals surface area contributed by atoms with Crippen LogP contribution in [0.15, 0.2) is 0 Å². The highest BCUT2D eigenvalue weighted by Crippen LogP contribution is 2.17. The number of nitrogens with one attached hydrogen (secondary N) is 1. The van der Waals surface area contributed by atoms with Gasteiger partial charge in [0.2, 0.25) is 5.91 Å². The molecule has 19 heavy (non-hydrogen) atoms. The van der Waals surface area contributed by atoms with Crippen LogP contribution in [0.4, 0.5) is 0 Å². The van der Waals surface area contributed by atoms with Crippen molar-refractivity contribution in [2.45, 2.75) is 51.5 Å². The molecule has 1 saturated carbocycles. The van der Waals surface area contributed by atoms with E-state index in [1.54, 1.807) is 4.90 Å². The van der Waals surface area contributed by atoms with Gasteiger partial charge in [0.1, 0.15) is 0 Å². The van der Waals surface area contributed by atoms with Crippen molar-refractivity contribution >= 4 is 11.9 Å². The maximum atomic E-state index is 12.0. The zero-order valence-electron chi connectivity index (χ0n) is 12.1. The second-order valence-electron chi connectivity index (χ2n) is 5.14. The maximum absolute atomic E-state index is 12.0. The molecule has 0 aromatic rings. The minimum Gasteiger partial charge on any atom is -0.468 e. The summed E-state index contributed by atoms with van der Waals surface area (Å²) in [5.41, 5.74) is 0. The smallest absolute Gasteiger partial charge is 0.319 e. The van der Waals surface area contributed by atoms with Crippen molar-refractivity contribution < 1.29 is 14.3 Å². The van der Waals surface area contributed by atoms with E-state index in [2.05, 4.69) is 10.1 Å². The maximum Gasteiger partial charge on any atom is 0.319 e. The van der Waals surface area contributed by atoms with Gasteiger partial charge in [-0.1, -0.05) is 32.6 Å². The fourth-order valence-electron chi connectivity index (χ4n) is 2.43. The van der Waals surface area contributed by atoms with Gasteiger partial charge >= 0.3 is 5.97 Å². The standard InChI is InChI=1S/C14H26N2O3/c1-3-16(11-14(18)19-2)10-13(17)15-12-8-6-4-5-7-9-12/h12H,3-11H2,1-2H3,(H,15,17). The SMILES string of the molecule is CCN(CC(=O)NC1CCCCCC1)CC(=O)OC. The Balaban J connectivity index is 2.33. The van der Waals surface area contributed by atoms with Crippen LogP contribution < -0.4 is 5.32 Å². The van der Waals surface area contributed by atoms with E-state index in [0.29, 0.717) is 12.6 Å². The van der Waals surface area contributed by atoms with E-state index in [0.717, 1.165) is 12.8 Å². The molecule has 5 heteroatoms. The molecule has 5 nitrogen and oxygen atoms in total. The van der Waals surface area contributed by atoms with Crippen LogP contribution in [-0.2, 0) is 14.3 Å². The van der Waals surface area contributed by atoms with Crippen LogP contribution in [0, 0.1) is 0 Å². The summed E-state index contributed by atoms with van der Waals surface area (Å²) >= 11 is 0. The van der Waals surface area contributed by atoms with Gasteiger partial charge in [-0.05, 0) is 19.4 Å². The predicted octanol–water partition coefficient (Wildman–Crippen LogP) is 1.32. The number of hydrogen-bond donors (Lipinski definition) is 1. The molecule has 0 saturated heterocycles. The molecule has 1 N–H and O–H groups in total. The minimum absolute atomic E-state index is 0.0117. The van der Waals surface area contributed by atoms with Gasteiger partial charge in [-0.3, -0.25) is 14.5 Å². The molecular weight excluding hydrogens is 244 g/mol. The molecule has 110 valence electrons. The second kappa shape index (κ2) is 8.91. The Morgan fingerprint density at radius 2 is 1.79 bits per heavy atom. The van der Waals surface area contributed by atoms with E-state index >= 15 is 0 Å². The number of carbonyl (C=O) groups excluding carboxylic acids is 2. The van der Waals surface area contributed by atoms with E-state index in [-0.39, 0.29) is 25.0 Å². The quantitative estimate of drug-likeness (QED) is 0.584. The van der Waals surface area contributed by atoms with E-state index in [9.17, 15) is 9.59 Å². The van der Waals surface area contributed by atoms with Gasteiger partial charge in [-0.15, -0.1) is 0 Å². The van der Waals surface area contributed by atoms with Crippen LogP contribution >= 0.6 is 0 Å². The summed E-state index contributed by atoms with van der Waals surface area (Å²) in [6, 6.07) is 0.312. The lowest BCUT2D eigenvalue weighted by molar-refractivity contribution is -0.142. The second-order valence-corrected chi connectivity index (χ2v) is 5.14. The summed E-state index contributed by atoms with van der Waals surface area (Å²) in [4.78, 5) is 24.9. The summed E-state index contributed by atoms with van der Waals surface area (Å²) in [5.74, 6) is -0.290. The van der Waals surface area contributed by atoms with Crippen LogP contribution in [0.25, 0.3) is 0 Å². The number of hydrogen-bond acceptors (Lipinski definition) is 4. The normalized spacial score (nSPS) is 17.0. The fraction of sp³-hybridized carbons (Fsp3) is 0.857. The van der Waals surface area contributed by atoms with Gasteiger partial charge in [0, 0.05) is 6.04 Å². The van der Waals surface area contributed by atoms with Crippen molar-refractivity contribution in [1.29, 1.82) is 0 Å². The van der Waals surface area contributed by atoms with Gasteiger partial charge in [0.15, 0.2) is 0 Å². The summed E-state index contributed by atoms with van der Waals surface area (Å²) in [6.07, 6.45) is 7.10. The fourth-order valence-corrected chi connectivity index (χ4v) is 2.43. The zero-order valence-corrected chi connectivity index (χ0v) is 12.1. The Labute approximate surface area is 115 Å². The number of nitrogens with zero attached hydrogens (tertiary/aromatic N) is 1. The average Bonchev–Trinajstić information content (AvgIpc) is 2.66. The molecule has 1 amide bonds. The molecule has 1 fully saturated rings. The van der Waals surface area contributed by atoms with E-state index in [4.69, 9.17) is 0 Å². The summed E-state index contributed by atoms with van der Waals surface area (Å²) in [7, 11) is 1.36. The zero-order chi connectivity index (χ0) is 14.1. The number of rotatable bonds is 6. The molecule has 1 aliphatic rings. The number of esters is 1. The molecule has 0 radical (unpaired) electrons. The van der Waals surface area contributed by atoms with Crippen molar-refractivity contribution in [2.75, 3.05) is 26.7 Å². The Bertz CT molecular complexity index is 286. The highest BCUT2D eigenvalue weighted by molar-refractivity contribution is 5.79. The highest BCUT2D eigenvalue weighted by Gasteiger charge is 2.17. The van der Waals surface area contributed by atoms with Crippen molar-refractivity contribution in [3.05, 3.63) is 0 Å². The molecule has 1 aliphatic carbocycles. The third-order valence-corrected chi connectivity index (χ3v) is 3.62. The Morgan fingerprint density at radius 3 is 2.32 bits per heavy atom. The lowest BCUT2D eigenvalue weighted by Gasteiger charge is -2.21. The molecule has 0 aromatic carbocycles. The van der Waals surface area contributed by atoms with Crippen molar-refractivity contribution in [3.8, 4) is 0 Å². The Kier molecular flexibility index (Phi) is 7.48. The Hall–Kier alpha value is -1.10. The molecule has 0 aliphatic heterocycles. The first kappa shape index (κ1) is 16.0. The number of amides is 1. The molecule has 0 heterocycles. The van der Waals surface area contributed by atoms with Crippen LogP contribution in [0.3, 0.4) is 0 Å². The molecule has 1 rings (SSSR count). The molecule has 0 unspecified atom stereocenters. The first-order chi connectivity index (χ1) is 9.15. The van der Waals surface area contributed by atoms with E-state index in [1.165, 1.54) is 32.8 Å². The number of methoxy groups -OCH3 is 1. The largest absolute Gasteiger partial charge is 0.468 e. The third kappa shape index (κ3) is 6.57. The molecule has 0 aromatic heterocycles. The van der Waals surface area contributed by atoms with Gasteiger partial charge in [0.25, 0.3) is 0 Å². The van der Waals surface area contributed by atoms with Crippen molar-refractivity contribution in [2.24, 2.45) is 0 Å². The monoisotopic (exact) mass is 270 g/mol. The van der Waals surface area contributed by atoms with E-state index in [1.807, 2.05) is 6.92 Å². The topological polar surface area (TPSA) is 58.6 Å². The van der Waals surface area contributed by atoms with Gasteiger partial charge in [-0.25, -0.2) is 0 Å². The molecule has 0 bridgehead atoms. The lowest BCUT2D eigenvalue weighted by atomic mass is 10.1. The number of ether oxygens (including phenoxy) is 1. The highest BCUT2D eigenvalue weighted by atomic mass is 16.5. The number of carbonyl (C=O) groups is 2. The number of likely N-dealkylation sites (N-methyl/N-ethyl adjacent to an activating group) is 1. The lowest BCUT2D eigenvalue weighted by Crippen LogP contribution is -2.43. The van der Waals surface area contributed by atoms with Gasteiger partial charge < -0.3 is 10.1 Å². The first-order valence-corrected chi connectivity index (χ1v) is 7.24. The van der Waals surface area contributed by atoms with Crippen LogP contribution in [0.2, 0.25) is 0 Å². The minimum atomic E-state index is -0.302. The van der Waals surface area contributed by atoms with Gasteiger partial charge in [0.05, 0.1) is 20.2 Å². The molecule has 0 spiro atoms.